The van der Waals surface area contributed by atoms with Crippen LogP contribution < -0.4 is 10.1 Å². The van der Waals surface area contributed by atoms with E-state index < -0.39 is 0 Å². The summed E-state index contributed by atoms with van der Waals surface area (Å²) < 4.78 is 5.57. The minimum absolute atomic E-state index is 0.0549. The number of hydrogen-bond acceptors (Lipinski definition) is 3. The summed E-state index contributed by atoms with van der Waals surface area (Å²) in [6.45, 7) is 3.97. The number of urea groups is 1. The molecule has 0 saturated carbocycles. The standard InChI is InChI=1S/C19H22N2O2S/c1-3-23-17-8-7-14-9-10-21(13-15(14)11-17)19(22)20-16-5-4-6-18(12-16)24-2/h4-8,11-12H,3,9-10,13H2,1-2H3,(H,20,22). The fourth-order valence-electron chi connectivity index (χ4n) is 2.87. The third-order valence-corrected chi connectivity index (χ3v) is 4.83. The van der Waals surface area contributed by atoms with Crippen molar-refractivity contribution in [3.63, 3.8) is 0 Å². The Hall–Kier alpha value is -2.14. The van der Waals surface area contributed by atoms with E-state index in [1.54, 1.807) is 11.8 Å². The van der Waals surface area contributed by atoms with Crippen LogP contribution >= 0.6 is 11.8 Å². The molecule has 0 aliphatic carbocycles. The lowest BCUT2D eigenvalue weighted by Crippen LogP contribution is -2.38. The number of ether oxygens (including phenoxy) is 1. The molecule has 3 rings (SSSR count). The van der Waals surface area contributed by atoms with Gasteiger partial charge in [-0.2, -0.15) is 0 Å². The molecule has 2 aromatic carbocycles. The summed E-state index contributed by atoms with van der Waals surface area (Å²) in [6.07, 6.45) is 2.90. The Bertz CT molecular complexity index is 733. The minimum atomic E-state index is -0.0549. The van der Waals surface area contributed by atoms with Gasteiger partial charge in [-0.05, 0) is 61.1 Å². The molecule has 1 heterocycles. The zero-order valence-corrected chi connectivity index (χ0v) is 14.9. The second kappa shape index (κ2) is 7.62. The van der Waals surface area contributed by atoms with Crippen LogP contribution in [0.2, 0.25) is 0 Å². The lowest BCUT2D eigenvalue weighted by molar-refractivity contribution is 0.206. The highest BCUT2D eigenvalue weighted by Gasteiger charge is 2.21. The molecule has 0 fully saturated rings. The summed E-state index contributed by atoms with van der Waals surface area (Å²) in [5.41, 5.74) is 3.30. The highest BCUT2D eigenvalue weighted by Crippen LogP contribution is 2.25. The third kappa shape index (κ3) is 3.85. The number of fused-ring (bicyclic) bond motifs is 1. The van der Waals surface area contributed by atoms with Crippen molar-refractivity contribution in [2.45, 2.75) is 24.8 Å². The van der Waals surface area contributed by atoms with Gasteiger partial charge < -0.3 is 15.0 Å². The number of amides is 2. The molecule has 2 amide bonds. The van der Waals surface area contributed by atoms with Gasteiger partial charge in [-0.15, -0.1) is 11.8 Å². The normalized spacial score (nSPS) is 13.3. The van der Waals surface area contributed by atoms with E-state index in [-0.39, 0.29) is 6.03 Å². The first-order valence-corrected chi connectivity index (χ1v) is 9.36. The van der Waals surface area contributed by atoms with Crippen LogP contribution in [0.25, 0.3) is 0 Å². The van der Waals surface area contributed by atoms with Gasteiger partial charge in [0, 0.05) is 23.7 Å². The van der Waals surface area contributed by atoms with Gasteiger partial charge in [-0.3, -0.25) is 0 Å². The molecule has 0 unspecified atom stereocenters. The molecule has 0 atom stereocenters. The average Bonchev–Trinajstić information content (AvgIpc) is 2.61. The van der Waals surface area contributed by atoms with E-state index in [0.29, 0.717) is 13.2 Å². The molecule has 0 radical (unpaired) electrons. The Labute approximate surface area is 147 Å². The van der Waals surface area contributed by atoms with E-state index in [0.717, 1.165) is 29.3 Å². The lowest BCUT2D eigenvalue weighted by Gasteiger charge is -2.29. The molecule has 0 spiro atoms. The maximum Gasteiger partial charge on any atom is 0.322 e. The lowest BCUT2D eigenvalue weighted by atomic mass is 10.00. The smallest absolute Gasteiger partial charge is 0.322 e. The van der Waals surface area contributed by atoms with E-state index >= 15 is 0 Å². The molecule has 0 bridgehead atoms. The molecule has 0 aromatic heterocycles. The summed E-state index contributed by atoms with van der Waals surface area (Å²) in [4.78, 5) is 15.6. The van der Waals surface area contributed by atoms with Crippen molar-refractivity contribution in [3.8, 4) is 5.75 Å². The summed E-state index contributed by atoms with van der Waals surface area (Å²) in [6, 6.07) is 14.0. The van der Waals surface area contributed by atoms with E-state index in [4.69, 9.17) is 4.74 Å². The largest absolute Gasteiger partial charge is 0.494 e. The number of nitrogens with one attached hydrogen (secondary N) is 1. The van der Waals surface area contributed by atoms with Gasteiger partial charge in [0.1, 0.15) is 5.75 Å². The molecule has 1 aliphatic heterocycles. The number of nitrogens with zero attached hydrogens (tertiary/aromatic N) is 1. The van der Waals surface area contributed by atoms with Crippen molar-refractivity contribution in [2.75, 3.05) is 24.7 Å². The van der Waals surface area contributed by atoms with Crippen LogP contribution in [0, 0.1) is 0 Å². The van der Waals surface area contributed by atoms with Crippen molar-refractivity contribution in [3.05, 3.63) is 53.6 Å². The zero-order valence-electron chi connectivity index (χ0n) is 14.0. The van der Waals surface area contributed by atoms with Crippen molar-refractivity contribution in [1.82, 2.24) is 4.90 Å². The molecule has 1 N–H and O–H groups in total. The average molecular weight is 342 g/mol. The molecule has 4 nitrogen and oxygen atoms in total. The summed E-state index contributed by atoms with van der Waals surface area (Å²) in [7, 11) is 0. The Morgan fingerprint density at radius 3 is 2.92 bits per heavy atom. The number of carbonyl (C=O) groups is 1. The second-order valence-electron chi connectivity index (χ2n) is 5.70. The fourth-order valence-corrected chi connectivity index (χ4v) is 3.33. The Morgan fingerprint density at radius 2 is 2.12 bits per heavy atom. The highest BCUT2D eigenvalue weighted by atomic mass is 32.2. The van der Waals surface area contributed by atoms with Crippen LogP contribution in [0.1, 0.15) is 18.1 Å². The maximum atomic E-state index is 12.6. The van der Waals surface area contributed by atoms with Gasteiger partial charge in [0.05, 0.1) is 6.61 Å². The first-order chi connectivity index (χ1) is 11.7. The van der Waals surface area contributed by atoms with Crippen LogP contribution in [0.4, 0.5) is 10.5 Å². The molecule has 126 valence electrons. The number of anilines is 1. The van der Waals surface area contributed by atoms with Gasteiger partial charge in [0.2, 0.25) is 0 Å². The monoisotopic (exact) mass is 342 g/mol. The van der Waals surface area contributed by atoms with Gasteiger partial charge in [0.15, 0.2) is 0 Å². The van der Waals surface area contributed by atoms with Crippen molar-refractivity contribution < 1.29 is 9.53 Å². The number of benzene rings is 2. The molecule has 0 saturated heterocycles. The quantitative estimate of drug-likeness (QED) is 0.838. The van der Waals surface area contributed by atoms with E-state index in [2.05, 4.69) is 11.4 Å². The summed E-state index contributed by atoms with van der Waals surface area (Å²) in [5, 5.41) is 3.00. The van der Waals surface area contributed by atoms with Gasteiger partial charge in [0.25, 0.3) is 0 Å². The molecule has 2 aromatic rings. The zero-order chi connectivity index (χ0) is 16.9. The minimum Gasteiger partial charge on any atom is -0.494 e. The molecular weight excluding hydrogens is 320 g/mol. The predicted octanol–water partition coefficient (Wildman–Crippen LogP) is 4.40. The van der Waals surface area contributed by atoms with Crippen LogP contribution in [0.5, 0.6) is 5.75 Å². The van der Waals surface area contributed by atoms with Crippen molar-refractivity contribution in [1.29, 1.82) is 0 Å². The van der Waals surface area contributed by atoms with Crippen molar-refractivity contribution in [2.24, 2.45) is 0 Å². The summed E-state index contributed by atoms with van der Waals surface area (Å²) >= 11 is 1.66. The fraction of sp³-hybridized carbons (Fsp3) is 0.316. The number of thioether (sulfide) groups is 1. The maximum absolute atomic E-state index is 12.6. The van der Waals surface area contributed by atoms with Crippen molar-refractivity contribution >= 4 is 23.5 Å². The van der Waals surface area contributed by atoms with Crippen LogP contribution in [-0.2, 0) is 13.0 Å². The molecular formula is C19H22N2O2S. The first-order valence-electron chi connectivity index (χ1n) is 8.14. The Balaban J connectivity index is 1.69. The number of carbonyl (C=O) groups excluding carboxylic acids is 1. The molecule has 24 heavy (non-hydrogen) atoms. The van der Waals surface area contributed by atoms with Gasteiger partial charge in [-0.1, -0.05) is 12.1 Å². The Morgan fingerprint density at radius 1 is 1.25 bits per heavy atom. The van der Waals surface area contributed by atoms with Crippen LogP contribution in [0.15, 0.2) is 47.4 Å². The van der Waals surface area contributed by atoms with E-state index in [9.17, 15) is 4.79 Å². The first kappa shape index (κ1) is 16.7. The Kier molecular flexibility index (Phi) is 5.30. The van der Waals surface area contributed by atoms with E-state index in [1.807, 2.05) is 54.5 Å². The molecule has 1 aliphatic rings. The highest BCUT2D eigenvalue weighted by molar-refractivity contribution is 7.98. The van der Waals surface area contributed by atoms with Gasteiger partial charge in [-0.25, -0.2) is 4.79 Å². The SMILES string of the molecule is CCOc1ccc2c(c1)CN(C(=O)Nc1cccc(SC)c1)CC2. The molecule has 5 heteroatoms. The van der Waals surface area contributed by atoms with Crippen LogP contribution in [-0.4, -0.2) is 30.3 Å². The number of hydrogen-bond donors (Lipinski definition) is 1. The van der Waals surface area contributed by atoms with E-state index in [1.165, 1.54) is 11.1 Å². The van der Waals surface area contributed by atoms with Gasteiger partial charge >= 0.3 is 6.03 Å². The number of rotatable bonds is 4. The third-order valence-electron chi connectivity index (χ3n) is 4.11. The van der Waals surface area contributed by atoms with Crippen LogP contribution in [0.3, 0.4) is 0 Å². The predicted molar refractivity (Wildman–Crippen MR) is 99.0 cm³/mol. The second-order valence-corrected chi connectivity index (χ2v) is 6.58. The summed E-state index contributed by atoms with van der Waals surface area (Å²) in [5.74, 6) is 0.867. The topological polar surface area (TPSA) is 41.6 Å².